The molecule has 1 aliphatic rings. The Labute approximate surface area is 161 Å². The molecule has 3 rings (SSSR count). The van der Waals surface area contributed by atoms with Crippen molar-refractivity contribution >= 4 is 15.9 Å². The van der Waals surface area contributed by atoms with Gasteiger partial charge in [-0.25, -0.2) is 8.42 Å². The van der Waals surface area contributed by atoms with Crippen LogP contribution in [-0.2, 0) is 16.6 Å². The van der Waals surface area contributed by atoms with E-state index in [1.165, 1.54) is 23.6 Å². The number of hydrogen-bond donors (Lipinski definition) is 1. The van der Waals surface area contributed by atoms with Crippen molar-refractivity contribution in [3.8, 4) is 0 Å². The highest BCUT2D eigenvalue weighted by molar-refractivity contribution is 7.89. The Kier molecular flexibility index (Phi) is 6.29. The van der Waals surface area contributed by atoms with Crippen molar-refractivity contribution in [2.24, 2.45) is 0 Å². The van der Waals surface area contributed by atoms with Gasteiger partial charge in [0.2, 0.25) is 10.0 Å². The summed E-state index contributed by atoms with van der Waals surface area (Å²) >= 11 is 0. The van der Waals surface area contributed by atoms with Gasteiger partial charge < -0.3 is 5.32 Å². The molecule has 1 saturated carbocycles. The highest BCUT2D eigenvalue weighted by Crippen LogP contribution is 2.19. The fraction of sp³-hybridized carbons (Fsp3) is 0.381. The second kappa shape index (κ2) is 8.67. The Morgan fingerprint density at radius 3 is 2.26 bits per heavy atom. The minimum absolute atomic E-state index is 0.0567. The number of nitrogens with one attached hydrogen (secondary N) is 1. The van der Waals surface area contributed by atoms with Gasteiger partial charge in [-0.3, -0.25) is 4.79 Å². The van der Waals surface area contributed by atoms with Crippen LogP contribution in [0, 0.1) is 0 Å². The molecule has 0 bridgehead atoms. The number of rotatable bonds is 6. The van der Waals surface area contributed by atoms with E-state index in [2.05, 4.69) is 5.32 Å². The maximum absolute atomic E-state index is 12.6. The van der Waals surface area contributed by atoms with Crippen molar-refractivity contribution in [3.05, 3.63) is 65.7 Å². The normalized spacial score (nSPS) is 15.6. The van der Waals surface area contributed by atoms with Crippen molar-refractivity contribution in [1.29, 1.82) is 0 Å². The molecule has 2 aromatic carbocycles. The SMILES string of the molecule is CN(Cc1ccc(C(=O)NC2CCCCC2)cc1)S(=O)(=O)c1ccccc1. The lowest BCUT2D eigenvalue weighted by molar-refractivity contribution is 0.0927. The molecule has 0 aromatic heterocycles. The molecule has 2 aromatic rings. The van der Waals surface area contributed by atoms with Crippen LogP contribution in [0.1, 0.15) is 48.0 Å². The second-order valence-corrected chi connectivity index (χ2v) is 9.12. The predicted octanol–water partition coefficient (Wildman–Crippen LogP) is 3.57. The Bertz CT molecular complexity index is 858. The van der Waals surface area contributed by atoms with Gasteiger partial charge in [0.1, 0.15) is 0 Å². The number of benzene rings is 2. The van der Waals surface area contributed by atoms with Crippen LogP contribution in [0.2, 0.25) is 0 Å². The van der Waals surface area contributed by atoms with Crippen molar-refractivity contribution in [2.45, 2.75) is 49.6 Å². The number of nitrogens with zero attached hydrogens (tertiary/aromatic N) is 1. The number of amides is 1. The van der Waals surface area contributed by atoms with Crippen LogP contribution in [0.5, 0.6) is 0 Å². The molecule has 0 heterocycles. The summed E-state index contributed by atoms with van der Waals surface area (Å²) in [6.07, 6.45) is 5.69. The van der Waals surface area contributed by atoms with Crippen LogP contribution in [0.25, 0.3) is 0 Å². The molecule has 0 unspecified atom stereocenters. The third-order valence-corrected chi connectivity index (χ3v) is 6.83. The lowest BCUT2D eigenvalue weighted by Crippen LogP contribution is -2.36. The first-order valence-electron chi connectivity index (χ1n) is 9.38. The van der Waals surface area contributed by atoms with Crippen LogP contribution < -0.4 is 5.32 Å². The minimum atomic E-state index is -3.53. The van der Waals surface area contributed by atoms with Crippen molar-refractivity contribution in [3.63, 3.8) is 0 Å². The van der Waals surface area contributed by atoms with E-state index in [9.17, 15) is 13.2 Å². The first-order chi connectivity index (χ1) is 13.0. The Balaban J connectivity index is 1.62. The summed E-state index contributed by atoms with van der Waals surface area (Å²) in [5, 5.41) is 3.10. The molecule has 6 heteroatoms. The summed E-state index contributed by atoms with van der Waals surface area (Å²) < 4.78 is 26.5. The number of sulfonamides is 1. The van der Waals surface area contributed by atoms with Gasteiger partial charge >= 0.3 is 0 Å². The molecular formula is C21H26N2O3S. The van der Waals surface area contributed by atoms with E-state index in [4.69, 9.17) is 0 Å². The highest BCUT2D eigenvalue weighted by Gasteiger charge is 2.21. The molecular weight excluding hydrogens is 360 g/mol. The molecule has 1 aliphatic carbocycles. The topological polar surface area (TPSA) is 66.5 Å². The Hall–Kier alpha value is -2.18. The van der Waals surface area contributed by atoms with Crippen LogP contribution in [-0.4, -0.2) is 31.7 Å². The molecule has 1 N–H and O–H groups in total. The van der Waals surface area contributed by atoms with Gasteiger partial charge in [0.25, 0.3) is 5.91 Å². The zero-order chi connectivity index (χ0) is 19.3. The third-order valence-electron chi connectivity index (χ3n) is 5.01. The zero-order valence-electron chi connectivity index (χ0n) is 15.6. The monoisotopic (exact) mass is 386 g/mol. The average Bonchev–Trinajstić information content (AvgIpc) is 2.70. The standard InChI is InChI=1S/C21H26N2O3S/c1-23(27(25,26)20-10-6-3-7-11-20)16-17-12-14-18(15-13-17)21(24)22-19-8-4-2-5-9-19/h3,6-7,10-15,19H,2,4-5,8-9,16H2,1H3,(H,22,24). The fourth-order valence-electron chi connectivity index (χ4n) is 3.39. The molecule has 1 amide bonds. The first kappa shape index (κ1) is 19.6. The van der Waals surface area contributed by atoms with Gasteiger partial charge in [-0.05, 0) is 42.7 Å². The van der Waals surface area contributed by atoms with Crippen LogP contribution in [0.4, 0.5) is 0 Å². The molecule has 0 radical (unpaired) electrons. The van der Waals surface area contributed by atoms with Gasteiger partial charge in [-0.1, -0.05) is 49.6 Å². The largest absolute Gasteiger partial charge is 0.349 e. The summed E-state index contributed by atoms with van der Waals surface area (Å²) in [4.78, 5) is 12.6. The van der Waals surface area contributed by atoms with Crippen LogP contribution in [0.15, 0.2) is 59.5 Å². The van der Waals surface area contributed by atoms with Crippen LogP contribution >= 0.6 is 0 Å². The van der Waals surface area contributed by atoms with E-state index >= 15 is 0 Å². The lowest BCUT2D eigenvalue weighted by atomic mass is 9.95. The molecule has 27 heavy (non-hydrogen) atoms. The number of hydrogen-bond acceptors (Lipinski definition) is 3. The predicted molar refractivity (Wildman–Crippen MR) is 106 cm³/mol. The maximum Gasteiger partial charge on any atom is 0.251 e. The molecule has 1 fully saturated rings. The highest BCUT2D eigenvalue weighted by atomic mass is 32.2. The van der Waals surface area contributed by atoms with E-state index in [1.807, 2.05) is 12.1 Å². The lowest BCUT2D eigenvalue weighted by Gasteiger charge is -2.22. The Morgan fingerprint density at radius 1 is 1.00 bits per heavy atom. The van der Waals surface area contributed by atoms with Crippen molar-refractivity contribution in [1.82, 2.24) is 9.62 Å². The molecule has 5 nitrogen and oxygen atoms in total. The molecule has 0 aliphatic heterocycles. The van der Waals surface area contributed by atoms with E-state index in [-0.39, 0.29) is 23.4 Å². The second-order valence-electron chi connectivity index (χ2n) is 7.08. The Morgan fingerprint density at radius 2 is 1.63 bits per heavy atom. The van der Waals surface area contributed by atoms with E-state index in [0.717, 1.165) is 18.4 Å². The summed E-state index contributed by atoms with van der Waals surface area (Å²) in [6.45, 7) is 0.252. The van der Waals surface area contributed by atoms with Gasteiger partial charge in [0.15, 0.2) is 0 Å². The smallest absolute Gasteiger partial charge is 0.251 e. The van der Waals surface area contributed by atoms with Gasteiger partial charge in [-0.15, -0.1) is 0 Å². The van der Waals surface area contributed by atoms with Gasteiger partial charge in [0, 0.05) is 25.2 Å². The fourth-order valence-corrected chi connectivity index (χ4v) is 4.57. The summed E-state index contributed by atoms with van der Waals surface area (Å²) in [6, 6.07) is 15.8. The van der Waals surface area contributed by atoms with E-state index < -0.39 is 10.0 Å². The number of carbonyl (C=O) groups is 1. The van der Waals surface area contributed by atoms with Gasteiger partial charge in [-0.2, -0.15) is 4.31 Å². The molecule has 0 spiro atoms. The van der Waals surface area contributed by atoms with Crippen LogP contribution in [0.3, 0.4) is 0 Å². The summed E-state index contributed by atoms with van der Waals surface area (Å²) in [5.74, 6) is -0.0567. The summed E-state index contributed by atoms with van der Waals surface area (Å²) in [5.41, 5.74) is 1.45. The average molecular weight is 387 g/mol. The molecule has 0 atom stereocenters. The van der Waals surface area contributed by atoms with Crippen molar-refractivity contribution in [2.75, 3.05) is 7.05 Å². The molecule has 144 valence electrons. The third kappa shape index (κ3) is 4.96. The first-order valence-corrected chi connectivity index (χ1v) is 10.8. The minimum Gasteiger partial charge on any atom is -0.349 e. The quantitative estimate of drug-likeness (QED) is 0.825. The van der Waals surface area contributed by atoms with E-state index in [0.29, 0.717) is 5.56 Å². The summed E-state index contributed by atoms with van der Waals surface area (Å²) in [7, 11) is -1.97. The molecule has 0 saturated heterocycles. The maximum atomic E-state index is 12.6. The van der Waals surface area contributed by atoms with Crippen molar-refractivity contribution < 1.29 is 13.2 Å². The zero-order valence-corrected chi connectivity index (χ0v) is 16.4. The van der Waals surface area contributed by atoms with E-state index in [1.54, 1.807) is 49.5 Å². The van der Waals surface area contributed by atoms with Gasteiger partial charge in [0.05, 0.1) is 4.90 Å². The number of carbonyl (C=O) groups excluding carboxylic acids is 1.